The quantitative estimate of drug-likeness (QED) is 0.434. The van der Waals surface area contributed by atoms with E-state index >= 15 is 0 Å². The highest BCUT2D eigenvalue weighted by molar-refractivity contribution is 7.52. The molecule has 0 bridgehead atoms. The predicted octanol–water partition coefficient (Wildman–Crippen LogP) is 0.548. The Balaban J connectivity index is 2.85. The van der Waals surface area contributed by atoms with Crippen molar-refractivity contribution >= 4 is 13.6 Å². The minimum absolute atomic E-state index is 0.113. The number of allylic oxidation sites excluding steroid dienone is 1. The summed E-state index contributed by atoms with van der Waals surface area (Å²) in [6.45, 7) is 1.90. The first kappa shape index (κ1) is 14.4. The van der Waals surface area contributed by atoms with Crippen LogP contribution in [0.3, 0.4) is 0 Å². The maximum absolute atomic E-state index is 10.9. The molecule has 0 saturated heterocycles. The first-order valence-corrected chi connectivity index (χ1v) is 7.23. The van der Waals surface area contributed by atoms with E-state index in [9.17, 15) is 9.36 Å². The van der Waals surface area contributed by atoms with Crippen LogP contribution in [0.4, 0.5) is 0 Å². The Morgan fingerprint density at radius 1 is 1.65 bits per heavy atom. The fourth-order valence-electron chi connectivity index (χ4n) is 2.14. The maximum atomic E-state index is 10.9. The molecule has 1 rings (SSSR count). The molecule has 0 spiro atoms. The molecule has 0 heterocycles. The summed E-state index contributed by atoms with van der Waals surface area (Å²) in [6.07, 6.45) is 2.63. The number of nitrogens with two attached hydrogens (primary N) is 1. The molecule has 1 aliphatic carbocycles. The lowest BCUT2D eigenvalue weighted by Gasteiger charge is -2.30. The van der Waals surface area contributed by atoms with Crippen molar-refractivity contribution in [3.8, 4) is 0 Å². The minimum atomic E-state index is -4.09. The summed E-state index contributed by atoms with van der Waals surface area (Å²) < 4.78 is 10.9. The highest BCUT2D eigenvalue weighted by atomic mass is 31.2. The Bertz CT molecular complexity index is 375. The largest absolute Gasteiger partial charge is 0.480 e. The Labute approximate surface area is 99.7 Å². The topological polar surface area (TPSA) is 121 Å². The van der Waals surface area contributed by atoms with Crippen LogP contribution in [-0.4, -0.2) is 33.1 Å². The Morgan fingerprint density at radius 2 is 2.24 bits per heavy atom. The monoisotopic (exact) mass is 263 g/mol. The molecule has 0 unspecified atom stereocenters. The zero-order chi connectivity index (χ0) is 13.2. The second-order valence-electron chi connectivity index (χ2n) is 4.61. The Hall–Kier alpha value is -0.680. The van der Waals surface area contributed by atoms with Crippen molar-refractivity contribution in [3.63, 3.8) is 0 Å². The molecule has 0 radical (unpaired) electrons. The average Bonchev–Trinajstić information content (AvgIpc) is 2.17. The highest BCUT2D eigenvalue weighted by Gasteiger charge is 2.31. The summed E-state index contributed by atoms with van der Waals surface area (Å²) in [4.78, 5) is 28.6. The van der Waals surface area contributed by atoms with Gasteiger partial charge >= 0.3 is 13.6 Å². The lowest BCUT2D eigenvalue weighted by Crippen LogP contribution is -2.41. The van der Waals surface area contributed by atoms with Gasteiger partial charge in [0.15, 0.2) is 0 Å². The molecule has 0 fully saturated rings. The van der Waals surface area contributed by atoms with E-state index in [0.717, 1.165) is 0 Å². The van der Waals surface area contributed by atoms with Crippen LogP contribution >= 0.6 is 7.60 Å². The van der Waals surface area contributed by atoms with Crippen LogP contribution in [0.25, 0.3) is 0 Å². The second kappa shape index (κ2) is 5.31. The Morgan fingerprint density at radius 3 is 2.71 bits per heavy atom. The van der Waals surface area contributed by atoms with Crippen molar-refractivity contribution < 1.29 is 24.3 Å². The molecule has 0 aromatic carbocycles. The van der Waals surface area contributed by atoms with E-state index in [1.165, 1.54) is 0 Å². The lowest BCUT2D eigenvalue weighted by atomic mass is 9.78. The smallest absolute Gasteiger partial charge is 0.329 e. The van der Waals surface area contributed by atoms with Gasteiger partial charge in [0.05, 0.1) is 6.16 Å². The van der Waals surface area contributed by atoms with E-state index in [4.69, 9.17) is 20.6 Å². The number of hydrogen-bond acceptors (Lipinski definition) is 3. The van der Waals surface area contributed by atoms with Gasteiger partial charge in [0.2, 0.25) is 0 Å². The first-order valence-electron chi connectivity index (χ1n) is 5.43. The predicted molar refractivity (Wildman–Crippen MR) is 62.5 cm³/mol. The molecule has 7 heteroatoms. The van der Waals surface area contributed by atoms with Crippen LogP contribution in [0.2, 0.25) is 0 Å². The van der Waals surface area contributed by atoms with E-state index in [1.54, 1.807) is 6.08 Å². The molecular formula is C10H18NO5P. The number of carboxylic acid groups (broad SMARTS) is 1. The van der Waals surface area contributed by atoms with Gasteiger partial charge in [-0.15, -0.1) is 0 Å². The molecule has 3 atom stereocenters. The van der Waals surface area contributed by atoms with E-state index < -0.39 is 19.6 Å². The number of carbonyl (C=O) groups is 1. The van der Waals surface area contributed by atoms with Gasteiger partial charge in [-0.1, -0.05) is 18.6 Å². The fraction of sp³-hybridized carbons (Fsp3) is 0.700. The molecular weight excluding hydrogens is 245 g/mol. The molecule has 0 amide bonds. The molecule has 0 aliphatic heterocycles. The average molecular weight is 263 g/mol. The van der Waals surface area contributed by atoms with Crippen LogP contribution in [0.1, 0.15) is 19.8 Å². The third kappa shape index (κ3) is 4.24. The second-order valence-corrected chi connectivity index (χ2v) is 6.25. The van der Waals surface area contributed by atoms with Gasteiger partial charge in [0.25, 0.3) is 0 Å². The minimum Gasteiger partial charge on any atom is -0.480 e. The van der Waals surface area contributed by atoms with Gasteiger partial charge in [-0.3, -0.25) is 9.36 Å². The van der Waals surface area contributed by atoms with E-state index in [-0.39, 0.29) is 18.0 Å². The van der Waals surface area contributed by atoms with Crippen LogP contribution < -0.4 is 5.73 Å². The molecule has 0 saturated carbocycles. The third-order valence-corrected chi connectivity index (χ3v) is 3.93. The fourth-order valence-corrected chi connectivity index (χ4v) is 2.94. The van der Waals surface area contributed by atoms with Crippen LogP contribution in [0.5, 0.6) is 0 Å². The SMILES string of the molecule is C[C@H]1CCC(CP(=O)(O)O)=C[C@@H]1[C@@H](N)C(=O)O. The van der Waals surface area contributed by atoms with Gasteiger partial charge in [0, 0.05) is 5.92 Å². The van der Waals surface area contributed by atoms with Gasteiger partial charge < -0.3 is 20.6 Å². The van der Waals surface area contributed by atoms with Crippen molar-refractivity contribution in [2.75, 3.05) is 6.16 Å². The van der Waals surface area contributed by atoms with Crippen LogP contribution in [-0.2, 0) is 9.36 Å². The first-order chi connectivity index (χ1) is 7.70. The molecule has 98 valence electrons. The summed E-state index contributed by atoms with van der Waals surface area (Å²) in [7, 11) is -4.09. The molecule has 1 aliphatic rings. The van der Waals surface area contributed by atoms with Crippen molar-refractivity contribution in [2.24, 2.45) is 17.6 Å². The molecule has 5 N–H and O–H groups in total. The normalized spacial score (nSPS) is 27.4. The number of carboxylic acids is 1. The molecule has 17 heavy (non-hydrogen) atoms. The molecule has 6 nitrogen and oxygen atoms in total. The number of hydrogen-bond donors (Lipinski definition) is 4. The maximum Gasteiger partial charge on any atom is 0.329 e. The lowest BCUT2D eigenvalue weighted by molar-refractivity contribution is -0.139. The van der Waals surface area contributed by atoms with Gasteiger partial charge in [0.1, 0.15) is 6.04 Å². The summed E-state index contributed by atoms with van der Waals surface area (Å²) in [5, 5.41) is 8.86. The van der Waals surface area contributed by atoms with Crippen LogP contribution in [0, 0.1) is 11.8 Å². The van der Waals surface area contributed by atoms with E-state index in [2.05, 4.69) is 0 Å². The summed E-state index contributed by atoms with van der Waals surface area (Å²) >= 11 is 0. The number of aliphatic carboxylic acids is 1. The third-order valence-electron chi connectivity index (χ3n) is 3.11. The highest BCUT2D eigenvalue weighted by Crippen LogP contribution is 2.41. The van der Waals surface area contributed by atoms with Crippen molar-refractivity contribution in [1.82, 2.24) is 0 Å². The van der Waals surface area contributed by atoms with Gasteiger partial charge in [-0.05, 0) is 18.8 Å². The van der Waals surface area contributed by atoms with Crippen LogP contribution in [0.15, 0.2) is 11.6 Å². The van der Waals surface area contributed by atoms with Crippen molar-refractivity contribution in [3.05, 3.63) is 11.6 Å². The van der Waals surface area contributed by atoms with E-state index in [1.807, 2.05) is 6.92 Å². The van der Waals surface area contributed by atoms with Crippen molar-refractivity contribution in [2.45, 2.75) is 25.8 Å². The summed E-state index contributed by atoms with van der Waals surface area (Å²) in [5.41, 5.74) is 6.18. The van der Waals surface area contributed by atoms with E-state index in [0.29, 0.717) is 18.4 Å². The van der Waals surface area contributed by atoms with Crippen molar-refractivity contribution in [1.29, 1.82) is 0 Å². The van der Waals surface area contributed by atoms with Gasteiger partial charge in [-0.25, -0.2) is 0 Å². The number of rotatable bonds is 4. The standard InChI is InChI=1S/C10H18NO5P/c1-6-2-3-7(5-17(14,15)16)4-8(6)9(11)10(12)13/h4,6,8-9H,2-3,5,11H2,1H3,(H,12,13)(H2,14,15,16)/t6-,8-,9+/m0/s1. The zero-order valence-corrected chi connectivity index (χ0v) is 10.5. The van der Waals surface area contributed by atoms with Gasteiger partial charge in [-0.2, -0.15) is 0 Å². The summed E-state index contributed by atoms with van der Waals surface area (Å²) in [6, 6.07) is -1.02. The summed E-state index contributed by atoms with van der Waals surface area (Å²) in [5.74, 6) is -1.33. The zero-order valence-electron chi connectivity index (χ0n) is 9.61. The Kier molecular flexibility index (Phi) is 4.49. The molecule has 0 aromatic rings. The molecule has 0 aromatic heterocycles.